The van der Waals surface area contributed by atoms with Gasteiger partial charge in [0, 0.05) is 0 Å². The van der Waals surface area contributed by atoms with Crippen LogP contribution >= 0.6 is 0 Å². The van der Waals surface area contributed by atoms with Crippen LogP contribution in [-0.2, 0) is 4.74 Å². The number of aliphatic hydroxyl groups is 3. The van der Waals surface area contributed by atoms with Crippen LogP contribution in [0.15, 0.2) is 11.6 Å². The van der Waals surface area contributed by atoms with E-state index in [1.54, 1.807) is 0 Å². The second kappa shape index (κ2) is 8.57. The normalized spacial score (nSPS) is 46.2. The van der Waals surface area contributed by atoms with Crippen molar-refractivity contribution in [3.05, 3.63) is 11.6 Å². The van der Waals surface area contributed by atoms with Crippen LogP contribution in [0, 0.1) is 40.4 Å². The fraction of sp³-hybridized carbons (Fsp3) is 0.933. The molecular formula is C30H50O4. The number of rotatable bonds is 7. The number of aliphatic hydroxyl groups excluding tert-OH is 1. The molecule has 0 unspecified atom stereocenters. The molecule has 34 heavy (non-hydrogen) atoms. The molecule has 0 heterocycles. The quantitative estimate of drug-likeness (QED) is 0.418. The lowest BCUT2D eigenvalue weighted by Gasteiger charge is -2.59. The van der Waals surface area contributed by atoms with E-state index < -0.39 is 17.3 Å². The Morgan fingerprint density at radius 3 is 2.47 bits per heavy atom. The molecule has 0 spiro atoms. The van der Waals surface area contributed by atoms with Crippen LogP contribution in [0.1, 0.15) is 105 Å². The van der Waals surface area contributed by atoms with Crippen LogP contribution in [-0.4, -0.2) is 45.3 Å². The van der Waals surface area contributed by atoms with E-state index in [0.29, 0.717) is 23.9 Å². The van der Waals surface area contributed by atoms with Gasteiger partial charge in [-0.1, -0.05) is 26.8 Å². The molecule has 194 valence electrons. The number of fused-ring (bicyclic) bond motifs is 5. The maximum Gasteiger partial charge on any atom is 0.102 e. The molecule has 0 amide bonds. The summed E-state index contributed by atoms with van der Waals surface area (Å²) in [7, 11) is 0. The van der Waals surface area contributed by atoms with E-state index in [1.165, 1.54) is 31.3 Å². The van der Waals surface area contributed by atoms with Crippen molar-refractivity contribution in [1.29, 1.82) is 0 Å². The predicted molar refractivity (Wildman–Crippen MR) is 135 cm³/mol. The summed E-state index contributed by atoms with van der Waals surface area (Å²) in [4.78, 5) is 0. The lowest BCUT2D eigenvalue weighted by molar-refractivity contribution is -0.111. The molecule has 0 aliphatic heterocycles. The number of allylic oxidation sites excluding steroid dienone is 1. The molecule has 0 aromatic heterocycles. The second-order valence-corrected chi connectivity index (χ2v) is 14.3. The van der Waals surface area contributed by atoms with Gasteiger partial charge >= 0.3 is 0 Å². The first kappa shape index (κ1) is 25.2. The first-order valence-electron chi connectivity index (χ1n) is 14.3. The molecule has 0 aromatic rings. The van der Waals surface area contributed by atoms with Gasteiger partial charge in [0.25, 0.3) is 0 Å². The van der Waals surface area contributed by atoms with E-state index in [-0.39, 0.29) is 11.5 Å². The van der Waals surface area contributed by atoms with Gasteiger partial charge in [-0.25, -0.2) is 0 Å². The van der Waals surface area contributed by atoms with E-state index in [2.05, 4.69) is 26.8 Å². The van der Waals surface area contributed by atoms with Crippen molar-refractivity contribution in [2.75, 3.05) is 6.61 Å². The zero-order valence-electron chi connectivity index (χ0n) is 22.4. The molecule has 4 saturated carbocycles. The first-order valence-corrected chi connectivity index (χ1v) is 14.3. The van der Waals surface area contributed by atoms with E-state index in [9.17, 15) is 15.3 Å². The van der Waals surface area contributed by atoms with E-state index in [4.69, 9.17) is 4.74 Å². The van der Waals surface area contributed by atoms with Gasteiger partial charge in [0.05, 0.1) is 23.9 Å². The third-order valence-corrected chi connectivity index (χ3v) is 11.5. The first-order chi connectivity index (χ1) is 15.9. The second-order valence-electron chi connectivity index (χ2n) is 14.3. The Labute approximate surface area is 207 Å². The van der Waals surface area contributed by atoms with Crippen LogP contribution in [0.4, 0.5) is 0 Å². The number of hydrogen-bond acceptors (Lipinski definition) is 4. The Morgan fingerprint density at radius 1 is 1.06 bits per heavy atom. The van der Waals surface area contributed by atoms with Gasteiger partial charge in [0.2, 0.25) is 0 Å². The summed E-state index contributed by atoms with van der Waals surface area (Å²) in [6, 6.07) is 0. The van der Waals surface area contributed by atoms with Crippen LogP contribution in [0.25, 0.3) is 0 Å². The van der Waals surface area contributed by atoms with E-state index in [1.807, 2.05) is 13.8 Å². The molecule has 0 bridgehead atoms. The van der Waals surface area contributed by atoms with Crippen molar-refractivity contribution in [2.24, 2.45) is 40.4 Å². The van der Waals surface area contributed by atoms with Crippen molar-refractivity contribution in [3.63, 3.8) is 0 Å². The molecule has 0 saturated heterocycles. The molecule has 3 N–H and O–H groups in total. The topological polar surface area (TPSA) is 69.9 Å². The molecule has 0 radical (unpaired) electrons. The Morgan fingerprint density at radius 2 is 1.79 bits per heavy atom. The van der Waals surface area contributed by atoms with Crippen LogP contribution < -0.4 is 0 Å². The molecule has 4 nitrogen and oxygen atoms in total. The van der Waals surface area contributed by atoms with Crippen molar-refractivity contribution in [3.8, 4) is 0 Å². The maximum absolute atomic E-state index is 11.3. The fourth-order valence-corrected chi connectivity index (χ4v) is 9.19. The number of ether oxygens (including phenoxy) is 1. The highest BCUT2D eigenvalue weighted by Crippen LogP contribution is 2.67. The maximum atomic E-state index is 11.3. The Bertz CT molecular complexity index is 794. The predicted octanol–water partition coefficient (Wildman–Crippen LogP) is 5.63. The summed E-state index contributed by atoms with van der Waals surface area (Å²) in [6.07, 6.45) is 13.8. The Kier molecular flexibility index (Phi) is 6.36. The van der Waals surface area contributed by atoms with Gasteiger partial charge in [-0.05, 0) is 130 Å². The van der Waals surface area contributed by atoms with Gasteiger partial charge in [-0.15, -0.1) is 0 Å². The van der Waals surface area contributed by atoms with Crippen LogP contribution in [0.3, 0.4) is 0 Å². The number of hydrogen-bond donors (Lipinski definition) is 3. The molecule has 5 aliphatic rings. The highest BCUT2D eigenvalue weighted by molar-refractivity contribution is 5.29. The third-order valence-electron chi connectivity index (χ3n) is 11.5. The van der Waals surface area contributed by atoms with Crippen LogP contribution in [0.2, 0.25) is 0 Å². The average Bonchev–Trinajstić information content (AvgIpc) is 3.38. The van der Waals surface area contributed by atoms with Gasteiger partial charge in [-0.3, -0.25) is 0 Å². The highest BCUT2D eigenvalue weighted by atomic mass is 16.5. The minimum Gasteiger partial charge on any atom is -0.390 e. The minimum absolute atomic E-state index is 0.0879. The third kappa shape index (κ3) is 4.33. The Balaban J connectivity index is 1.30. The SMILES string of the molecule is C[C@H](CCC(C)(C)O)[C@H]1CC[C@H]2[C@@H]3CC=C4[C@@H](O)[C@@H](OCC5(O)CC5)CC[C@]4(C)[C@H]3CC[C@]12C. The smallest absolute Gasteiger partial charge is 0.102 e. The van der Waals surface area contributed by atoms with Gasteiger partial charge in [-0.2, -0.15) is 0 Å². The van der Waals surface area contributed by atoms with Crippen molar-refractivity contribution in [1.82, 2.24) is 0 Å². The molecule has 5 aliphatic carbocycles. The van der Waals surface area contributed by atoms with Crippen molar-refractivity contribution in [2.45, 2.75) is 129 Å². The summed E-state index contributed by atoms with van der Waals surface area (Å²) in [5, 5.41) is 31.8. The summed E-state index contributed by atoms with van der Waals surface area (Å²) >= 11 is 0. The van der Waals surface area contributed by atoms with E-state index >= 15 is 0 Å². The summed E-state index contributed by atoms with van der Waals surface area (Å²) < 4.78 is 6.07. The fourth-order valence-electron chi connectivity index (χ4n) is 9.19. The molecule has 0 aromatic carbocycles. The lowest BCUT2D eigenvalue weighted by atomic mass is 9.46. The summed E-state index contributed by atoms with van der Waals surface area (Å²) in [5.41, 5.74) is 0.558. The van der Waals surface area contributed by atoms with Crippen LogP contribution in [0.5, 0.6) is 0 Å². The zero-order valence-corrected chi connectivity index (χ0v) is 22.4. The molecular weight excluding hydrogens is 424 g/mol. The average molecular weight is 475 g/mol. The standard InChI is InChI=1S/C30H50O4/c1-19(10-13-27(2,3)32)21-8-9-22-20-6-7-24-26(31)25(34-18-30(33)16-17-30)12-15-29(24,5)23(20)11-14-28(21,22)4/h7,19-23,25-26,31-33H,6,8-18H2,1-5H3/t19-,20+,21-,22+,23+,25+,26-,28-,29-/m1/s1. The van der Waals surface area contributed by atoms with Crippen molar-refractivity contribution < 1.29 is 20.1 Å². The molecule has 4 fully saturated rings. The largest absolute Gasteiger partial charge is 0.390 e. The van der Waals surface area contributed by atoms with Crippen molar-refractivity contribution >= 4 is 0 Å². The summed E-state index contributed by atoms with van der Waals surface area (Å²) in [6.45, 7) is 11.7. The molecule has 5 rings (SSSR count). The zero-order chi connectivity index (χ0) is 24.5. The molecule has 4 heteroatoms. The van der Waals surface area contributed by atoms with Gasteiger partial charge in [0.1, 0.15) is 6.10 Å². The van der Waals surface area contributed by atoms with Gasteiger partial charge in [0.15, 0.2) is 0 Å². The van der Waals surface area contributed by atoms with Gasteiger partial charge < -0.3 is 20.1 Å². The summed E-state index contributed by atoms with van der Waals surface area (Å²) in [5.74, 6) is 3.61. The highest BCUT2D eigenvalue weighted by Gasteiger charge is 2.60. The molecule has 9 atom stereocenters. The monoisotopic (exact) mass is 474 g/mol. The minimum atomic E-state index is -0.622. The van der Waals surface area contributed by atoms with E-state index in [0.717, 1.165) is 62.7 Å². The Hall–Kier alpha value is -0.420. The lowest BCUT2D eigenvalue weighted by Crippen LogP contribution is -2.54.